The maximum Gasteiger partial charge on any atom is 0.321 e. The minimum atomic E-state index is -0.370. The lowest BCUT2D eigenvalue weighted by Crippen LogP contribution is -2.38. The molecule has 1 aromatic rings. The highest BCUT2D eigenvalue weighted by atomic mass is 32.1. The monoisotopic (exact) mass is 285 g/mol. The fourth-order valence-electron chi connectivity index (χ4n) is 1.86. The Labute approximate surface area is 118 Å². The summed E-state index contributed by atoms with van der Waals surface area (Å²) in [5.74, 6) is 0. The summed E-state index contributed by atoms with van der Waals surface area (Å²) in [6.45, 7) is 8.34. The predicted molar refractivity (Wildman–Crippen MR) is 78.6 cm³/mol. The Kier molecular flexibility index (Phi) is 5.75. The van der Waals surface area contributed by atoms with Gasteiger partial charge in [-0.25, -0.2) is 9.78 Å². The quantitative estimate of drug-likeness (QED) is 0.752. The van der Waals surface area contributed by atoms with Crippen molar-refractivity contribution in [2.24, 2.45) is 5.41 Å². The summed E-state index contributed by atoms with van der Waals surface area (Å²) < 4.78 is 0. The molecule has 1 aromatic heterocycles. The van der Waals surface area contributed by atoms with Crippen LogP contribution in [-0.2, 0) is 6.42 Å². The van der Waals surface area contributed by atoms with Gasteiger partial charge in [0.05, 0.1) is 6.10 Å². The van der Waals surface area contributed by atoms with Gasteiger partial charge in [0.1, 0.15) is 0 Å². The second-order valence-corrected chi connectivity index (χ2v) is 6.63. The van der Waals surface area contributed by atoms with Crippen molar-refractivity contribution in [3.63, 3.8) is 0 Å². The minimum Gasteiger partial charge on any atom is -0.393 e. The standard InChI is InChI=1S/C13H23N3O2S/c1-5-10-7-14-12(19-10)16-11(18)15-8-13(3,4)6-9(2)17/h7,9,17H,5-6,8H2,1-4H3,(H2,14,15,16,18). The molecule has 0 fully saturated rings. The number of nitrogens with one attached hydrogen (secondary N) is 2. The van der Waals surface area contributed by atoms with Gasteiger partial charge in [-0.3, -0.25) is 5.32 Å². The molecule has 5 nitrogen and oxygen atoms in total. The van der Waals surface area contributed by atoms with Crippen molar-refractivity contribution < 1.29 is 9.90 Å². The highest BCUT2D eigenvalue weighted by Crippen LogP contribution is 2.21. The number of carbonyl (C=O) groups excluding carboxylic acids is 1. The molecule has 1 rings (SSSR count). The summed E-state index contributed by atoms with van der Waals surface area (Å²) in [7, 11) is 0. The van der Waals surface area contributed by atoms with Crippen LogP contribution in [0.15, 0.2) is 6.20 Å². The van der Waals surface area contributed by atoms with Crippen LogP contribution < -0.4 is 10.6 Å². The van der Waals surface area contributed by atoms with Crippen LogP contribution in [0.1, 0.15) is 39.0 Å². The van der Waals surface area contributed by atoms with Crippen molar-refractivity contribution in [3.05, 3.63) is 11.1 Å². The van der Waals surface area contributed by atoms with Gasteiger partial charge in [-0.2, -0.15) is 0 Å². The molecule has 0 saturated heterocycles. The number of aliphatic hydroxyl groups is 1. The minimum absolute atomic E-state index is 0.136. The molecule has 0 bridgehead atoms. The summed E-state index contributed by atoms with van der Waals surface area (Å²) in [5, 5.41) is 15.5. The Morgan fingerprint density at radius 1 is 1.58 bits per heavy atom. The topological polar surface area (TPSA) is 74.2 Å². The lowest BCUT2D eigenvalue weighted by atomic mass is 9.87. The largest absolute Gasteiger partial charge is 0.393 e. The molecule has 0 aromatic carbocycles. The zero-order chi connectivity index (χ0) is 14.5. The summed E-state index contributed by atoms with van der Waals surface area (Å²) >= 11 is 1.48. The lowest BCUT2D eigenvalue weighted by molar-refractivity contribution is 0.129. The number of hydrogen-bond acceptors (Lipinski definition) is 4. The van der Waals surface area contributed by atoms with Crippen molar-refractivity contribution in [1.82, 2.24) is 10.3 Å². The molecule has 108 valence electrons. The molecular weight excluding hydrogens is 262 g/mol. The van der Waals surface area contributed by atoms with Gasteiger partial charge in [-0.1, -0.05) is 20.8 Å². The first-order valence-electron chi connectivity index (χ1n) is 6.50. The number of nitrogens with zero attached hydrogens (tertiary/aromatic N) is 1. The third-order valence-electron chi connectivity index (χ3n) is 2.70. The van der Waals surface area contributed by atoms with E-state index in [0.29, 0.717) is 18.1 Å². The van der Waals surface area contributed by atoms with Gasteiger partial charge in [0.25, 0.3) is 0 Å². The zero-order valence-electron chi connectivity index (χ0n) is 12.0. The number of urea groups is 1. The van der Waals surface area contributed by atoms with Crippen LogP contribution in [0.2, 0.25) is 0 Å². The molecule has 0 radical (unpaired) electrons. The van der Waals surface area contributed by atoms with Crippen LogP contribution in [0.25, 0.3) is 0 Å². The Morgan fingerprint density at radius 2 is 2.26 bits per heavy atom. The molecule has 1 atom stereocenters. The first kappa shape index (κ1) is 15.9. The lowest BCUT2D eigenvalue weighted by Gasteiger charge is -2.26. The molecule has 1 unspecified atom stereocenters. The van der Waals surface area contributed by atoms with E-state index in [0.717, 1.165) is 11.3 Å². The van der Waals surface area contributed by atoms with Crippen molar-refractivity contribution in [2.45, 2.75) is 46.6 Å². The number of amides is 2. The molecule has 1 heterocycles. The second-order valence-electron chi connectivity index (χ2n) is 5.51. The number of anilines is 1. The molecule has 0 aliphatic carbocycles. The molecular formula is C13H23N3O2S. The van der Waals surface area contributed by atoms with Crippen LogP contribution in [0.4, 0.5) is 9.93 Å². The smallest absolute Gasteiger partial charge is 0.321 e. The molecule has 0 spiro atoms. The van der Waals surface area contributed by atoms with E-state index in [1.54, 1.807) is 13.1 Å². The first-order chi connectivity index (χ1) is 8.82. The van der Waals surface area contributed by atoms with Gasteiger partial charge in [-0.05, 0) is 25.2 Å². The van der Waals surface area contributed by atoms with E-state index in [1.807, 2.05) is 13.8 Å². The Hall–Kier alpha value is -1.14. The highest BCUT2D eigenvalue weighted by Gasteiger charge is 2.21. The predicted octanol–water partition coefficient (Wildman–Crippen LogP) is 2.62. The fourth-order valence-corrected chi connectivity index (χ4v) is 2.61. The van der Waals surface area contributed by atoms with Gasteiger partial charge >= 0.3 is 6.03 Å². The molecule has 0 aliphatic rings. The summed E-state index contributed by atoms with van der Waals surface area (Å²) in [4.78, 5) is 17.0. The molecule has 0 saturated carbocycles. The SMILES string of the molecule is CCc1cnc(NC(=O)NCC(C)(C)CC(C)O)s1. The average Bonchev–Trinajstić information content (AvgIpc) is 2.72. The normalized spacial score (nSPS) is 13.1. The maximum absolute atomic E-state index is 11.7. The van der Waals surface area contributed by atoms with Gasteiger partial charge in [-0.15, -0.1) is 11.3 Å². The Morgan fingerprint density at radius 3 is 2.79 bits per heavy atom. The van der Waals surface area contributed by atoms with Crippen molar-refractivity contribution in [2.75, 3.05) is 11.9 Å². The fraction of sp³-hybridized carbons (Fsp3) is 0.692. The van der Waals surface area contributed by atoms with Crippen molar-refractivity contribution >= 4 is 22.5 Å². The van der Waals surface area contributed by atoms with E-state index in [-0.39, 0.29) is 17.6 Å². The number of aromatic nitrogens is 1. The van der Waals surface area contributed by atoms with Gasteiger partial charge in [0, 0.05) is 17.6 Å². The Balaban J connectivity index is 2.39. The van der Waals surface area contributed by atoms with E-state index in [9.17, 15) is 9.90 Å². The van der Waals surface area contributed by atoms with Crippen LogP contribution in [-0.4, -0.2) is 28.8 Å². The Bertz CT molecular complexity index is 416. The van der Waals surface area contributed by atoms with E-state index >= 15 is 0 Å². The number of rotatable bonds is 6. The number of aryl methyl sites for hydroxylation is 1. The molecule has 3 N–H and O–H groups in total. The number of aliphatic hydroxyl groups excluding tert-OH is 1. The van der Waals surface area contributed by atoms with E-state index < -0.39 is 0 Å². The molecule has 0 aliphatic heterocycles. The maximum atomic E-state index is 11.7. The molecule has 19 heavy (non-hydrogen) atoms. The van der Waals surface area contributed by atoms with E-state index in [2.05, 4.69) is 22.5 Å². The van der Waals surface area contributed by atoms with Crippen LogP contribution in [0, 0.1) is 5.41 Å². The zero-order valence-corrected chi connectivity index (χ0v) is 12.8. The van der Waals surface area contributed by atoms with Gasteiger partial charge in [0.15, 0.2) is 5.13 Å². The van der Waals surface area contributed by atoms with E-state index in [4.69, 9.17) is 0 Å². The third kappa shape index (κ3) is 6.02. The summed E-state index contributed by atoms with van der Waals surface area (Å²) in [6, 6.07) is -0.254. The highest BCUT2D eigenvalue weighted by molar-refractivity contribution is 7.15. The van der Waals surface area contributed by atoms with Crippen LogP contribution >= 0.6 is 11.3 Å². The third-order valence-corrected chi connectivity index (χ3v) is 3.76. The summed E-state index contributed by atoms with van der Waals surface area (Å²) in [6.07, 6.45) is 2.97. The summed E-state index contributed by atoms with van der Waals surface area (Å²) in [5.41, 5.74) is -0.136. The second kappa shape index (κ2) is 6.86. The number of thiazole rings is 1. The van der Waals surface area contributed by atoms with Crippen LogP contribution in [0.5, 0.6) is 0 Å². The number of carbonyl (C=O) groups is 1. The average molecular weight is 285 g/mol. The molecule has 2 amide bonds. The van der Waals surface area contributed by atoms with Gasteiger partial charge < -0.3 is 10.4 Å². The van der Waals surface area contributed by atoms with E-state index in [1.165, 1.54) is 11.3 Å². The van der Waals surface area contributed by atoms with Crippen LogP contribution in [0.3, 0.4) is 0 Å². The van der Waals surface area contributed by atoms with Crippen molar-refractivity contribution in [1.29, 1.82) is 0 Å². The van der Waals surface area contributed by atoms with Gasteiger partial charge in [0.2, 0.25) is 0 Å². The number of hydrogen-bond donors (Lipinski definition) is 3. The van der Waals surface area contributed by atoms with Crippen molar-refractivity contribution in [3.8, 4) is 0 Å². The first-order valence-corrected chi connectivity index (χ1v) is 7.31. The molecule has 6 heteroatoms.